The van der Waals surface area contributed by atoms with Crippen LogP contribution < -0.4 is 5.32 Å². The van der Waals surface area contributed by atoms with E-state index in [1.165, 1.54) is 85.7 Å². The molecule has 95 heavy (non-hydrogen) atoms. The minimum atomic E-state index is -1.63. The van der Waals surface area contributed by atoms with E-state index in [1.54, 1.807) is 68.4 Å². The fourth-order valence-corrected chi connectivity index (χ4v) is 13.3. The number of morpholine rings is 1. The first kappa shape index (κ1) is 85.4. The molecule has 544 valence electrons. The molecule has 0 aromatic heterocycles. The standard InChI is InChI=1S/C72H127N9O14/c1-26-29-30-47(14)64(85)63-65(86)73-54(27-2)69(90)74(19)51(18)67(88)79(24)62(50(17)40-94-41-52-39-81(28-3)31-32-95-52)60(84)38-53(45(10)11)68(89)75(20)55(33-42(4)5)59(83)36-48(15)58(82)37-49(16)66(87)76(21)56(34-43(6)7)70(91)77(22)57(35-44(8)9)71(92)78(23)61(46(12)13)72(93)80(63)25/h26,29,42-57,61-64,85H,27-28,30-41H2,1-25H3,(H,73,86)/b29-26+/t47-,48-,49+,50-,51-,52+,53+,54+,55+,56+,57+,61+,62+,63+,64-/m1/s1. The van der Waals surface area contributed by atoms with Crippen LogP contribution in [0.2, 0.25) is 0 Å². The van der Waals surface area contributed by atoms with Gasteiger partial charge in [-0.05, 0) is 88.0 Å². The molecule has 2 N–H and O–H groups in total. The predicted octanol–water partition coefficient (Wildman–Crippen LogP) is 6.26. The number of Topliss-reactive ketones (excluding diaryl/α,β-unsaturated/α-hetero) is 3. The van der Waals surface area contributed by atoms with Crippen molar-refractivity contribution in [2.45, 2.75) is 237 Å². The van der Waals surface area contributed by atoms with Gasteiger partial charge in [0.25, 0.3) is 0 Å². The summed E-state index contributed by atoms with van der Waals surface area (Å²) in [5.74, 6) is -11.7. The number of rotatable bonds is 19. The molecule has 0 spiro atoms. The van der Waals surface area contributed by atoms with Crippen molar-refractivity contribution < 1.29 is 67.3 Å². The van der Waals surface area contributed by atoms with Crippen LogP contribution in [0.15, 0.2) is 12.2 Å². The van der Waals surface area contributed by atoms with E-state index in [9.17, 15) is 24.3 Å². The Kier molecular flexibility index (Phi) is 35.7. The Bertz CT molecular complexity index is 2590. The monoisotopic (exact) mass is 1340 g/mol. The number of nitrogens with one attached hydrogen (secondary N) is 1. The molecular weight excluding hydrogens is 1210 g/mol. The van der Waals surface area contributed by atoms with Gasteiger partial charge < -0.3 is 54.2 Å². The van der Waals surface area contributed by atoms with Gasteiger partial charge >= 0.3 is 0 Å². The molecule has 2 fully saturated rings. The second-order valence-electron chi connectivity index (χ2n) is 29.6. The summed E-state index contributed by atoms with van der Waals surface area (Å²) >= 11 is 0. The van der Waals surface area contributed by atoms with Crippen molar-refractivity contribution in [2.24, 2.45) is 59.2 Å². The lowest BCUT2D eigenvalue weighted by Crippen LogP contribution is -2.63. The lowest BCUT2D eigenvalue weighted by Gasteiger charge is -2.41. The molecule has 0 aromatic carbocycles. The van der Waals surface area contributed by atoms with Crippen molar-refractivity contribution >= 4 is 64.6 Å². The van der Waals surface area contributed by atoms with Gasteiger partial charge in [-0.1, -0.05) is 123 Å². The zero-order valence-corrected chi connectivity index (χ0v) is 62.9. The number of ketones is 3. The summed E-state index contributed by atoms with van der Waals surface area (Å²) < 4.78 is 12.3. The molecule has 0 saturated carbocycles. The molecule has 2 aliphatic heterocycles. The number of carbonyl (C=O) groups is 11. The van der Waals surface area contributed by atoms with Crippen molar-refractivity contribution in [3.05, 3.63) is 12.2 Å². The molecule has 2 heterocycles. The maximum atomic E-state index is 15.3. The third kappa shape index (κ3) is 23.8. The highest BCUT2D eigenvalue weighted by Gasteiger charge is 2.47. The van der Waals surface area contributed by atoms with E-state index in [0.717, 1.165) is 18.0 Å². The molecule has 15 atom stereocenters. The van der Waals surface area contributed by atoms with Crippen LogP contribution in [-0.2, 0) is 62.2 Å². The molecule has 0 radical (unpaired) electrons. The summed E-state index contributed by atoms with van der Waals surface area (Å²) in [5.41, 5.74) is 0. The van der Waals surface area contributed by atoms with Crippen LogP contribution in [0.4, 0.5) is 0 Å². The normalized spacial score (nSPS) is 28.6. The van der Waals surface area contributed by atoms with Crippen molar-refractivity contribution in [3.8, 4) is 0 Å². The summed E-state index contributed by atoms with van der Waals surface area (Å²) in [4.78, 5) is 175. The molecule has 0 aromatic rings. The van der Waals surface area contributed by atoms with Crippen LogP contribution in [0.1, 0.15) is 176 Å². The van der Waals surface area contributed by atoms with Gasteiger partial charge in [-0.15, -0.1) is 0 Å². The Balaban J connectivity index is 3.03. The number of allylic oxidation sites excluding steroid dienone is 2. The number of ether oxygens (including phenoxy) is 2. The lowest BCUT2D eigenvalue weighted by atomic mass is 9.83. The molecule has 0 bridgehead atoms. The first-order valence-corrected chi connectivity index (χ1v) is 35.1. The fourth-order valence-electron chi connectivity index (χ4n) is 13.3. The second-order valence-corrected chi connectivity index (χ2v) is 29.6. The molecule has 23 nitrogen and oxygen atoms in total. The highest BCUT2D eigenvalue weighted by Crippen LogP contribution is 2.30. The number of hydrogen-bond donors (Lipinski definition) is 2. The third-order valence-electron chi connectivity index (χ3n) is 19.6. The van der Waals surface area contributed by atoms with Crippen LogP contribution in [0.3, 0.4) is 0 Å². The summed E-state index contributed by atoms with van der Waals surface area (Å²) in [6, 6.07) is -9.87. The van der Waals surface area contributed by atoms with Gasteiger partial charge in [-0.25, -0.2) is 0 Å². The summed E-state index contributed by atoms with van der Waals surface area (Å²) in [6.45, 7) is 35.2. The quantitative estimate of drug-likeness (QED) is 0.135. The summed E-state index contributed by atoms with van der Waals surface area (Å²) in [6.07, 6.45) is 1.91. The van der Waals surface area contributed by atoms with E-state index in [0.29, 0.717) is 19.6 Å². The number of carbonyl (C=O) groups excluding carboxylic acids is 11. The van der Waals surface area contributed by atoms with Crippen LogP contribution in [0, 0.1) is 59.2 Å². The van der Waals surface area contributed by atoms with Crippen LogP contribution in [0.5, 0.6) is 0 Å². The molecule has 0 unspecified atom stereocenters. The first-order chi connectivity index (χ1) is 44.1. The van der Waals surface area contributed by atoms with Gasteiger partial charge in [-0.2, -0.15) is 0 Å². The second kappa shape index (κ2) is 39.7. The Labute approximate surface area is 570 Å². The number of likely N-dealkylation sites (N-methyl/N-ethyl adjacent to an activating group) is 8. The Morgan fingerprint density at radius 2 is 1.04 bits per heavy atom. The Morgan fingerprint density at radius 1 is 0.547 bits per heavy atom. The maximum absolute atomic E-state index is 15.3. The van der Waals surface area contributed by atoms with E-state index in [2.05, 4.69) is 17.1 Å². The first-order valence-electron chi connectivity index (χ1n) is 35.1. The maximum Gasteiger partial charge on any atom is 0.246 e. The summed E-state index contributed by atoms with van der Waals surface area (Å²) in [7, 11) is 10.2. The topological polar surface area (TPSA) is 264 Å². The van der Waals surface area contributed by atoms with E-state index >= 15 is 33.6 Å². The zero-order valence-electron chi connectivity index (χ0n) is 62.9. The van der Waals surface area contributed by atoms with Gasteiger partial charge in [0.05, 0.1) is 44.1 Å². The van der Waals surface area contributed by atoms with E-state index < -0.39 is 149 Å². The lowest BCUT2D eigenvalue weighted by molar-refractivity contribution is -0.157. The highest BCUT2D eigenvalue weighted by molar-refractivity contribution is 6.00. The van der Waals surface area contributed by atoms with Gasteiger partial charge in [-0.3, -0.25) is 57.6 Å². The fraction of sp³-hybridized carbons (Fsp3) is 0.819. The molecular formula is C72H127N9O14. The summed E-state index contributed by atoms with van der Waals surface area (Å²) in [5, 5.41) is 15.1. The number of nitrogens with zero attached hydrogens (tertiary/aromatic N) is 8. The van der Waals surface area contributed by atoms with Crippen molar-refractivity contribution in [3.63, 3.8) is 0 Å². The highest BCUT2D eigenvalue weighted by atomic mass is 16.5. The predicted molar refractivity (Wildman–Crippen MR) is 369 cm³/mol. The van der Waals surface area contributed by atoms with Crippen LogP contribution in [0.25, 0.3) is 0 Å². The number of hydrogen-bond acceptors (Lipinski definition) is 15. The van der Waals surface area contributed by atoms with Crippen LogP contribution in [-0.4, -0.2) is 258 Å². The van der Waals surface area contributed by atoms with Crippen molar-refractivity contribution in [1.29, 1.82) is 0 Å². The molecule has 8 amide bonds. The van der Waals surface area contributed by atoms with Gasteiger partial charge in [0.1, 0.15) is 42.0 Å². The minimum Gasteiger partial charge on any atom is -0.390 e. The van der Waals surface area contributed by atoms with E-state index in [-0.39, 0.29) is 93.6 Å². The molecule has 2 aliphatic rings. The number of aliphatic hydroxyl groups excluding tert-OH is 1. The van der Waals surface area contributed by atoms with E-state index in [1.807, 2.05) is 54.5 Å². The minimum absolute atomic E-state index is 0.00660. The molecule has 23 heteroatoms. The van der Waals surface area contributed by atoms with Crippen molar-refractivity contribution in [2.75, 3.05) is 88.8 Å². The van der Waals surface area contributed by atoms with Crippen molar-refractivity contribution in [1.82, 2.24) is 44.5 Å². The van der Waals surface area contributed by atoms with E-state index in [4.69, 9.17) is 9.47 Å². The largest absolute Gasteiger partial charge is 0.390 e. The Hall–Kier alpha value is -5.65. The number of amides is 8. The average Bonchev–Trinajstić information content (AvgIpc) is 0.811. The van der Waals surface area contributed by atoms with Gasteiger partial charge in [0.2, 0.25) is 47.3 Å². The number of aliphatic hydroxyl groups is 1. The zero-order chi connectivity index (χ0) is 73.0. The molecule has 0 aliphatic carbocycles. The SMILES string of the molecule is C/C=C/C[C@@H](C)[C@@H](O)[C@H]1C(=O)N[C@@H](CC)C(=O)N(C)[C@H](C)C(=O)N(C)[C@@H]([C@H](C)COC[C@@H]2CN(CC)CCO2)C(=O)C[C@@H](C(C)C)C(=O)N(C)[C@@H](CC(C)C)C(=O)C[C@@H](C)C(=O)C[C@H](C)C(=O)N(C)[C@@H](CC(C)C)C(=O)N(C)[C@@H](CC(C)C)C(=O)N(C)[C@@H](C(C)C)C(=O)N1C. The van der Waals surface area contributed by atoms with Gasteiger partial charge in [0, 0.05) is 105 Å². The average molecular weight is 1340 g/mol. The molecule has 2 rings (SSSR count). The van der Waals surface area contributed by atoms with Crippen LogP contribution >= 0.6 is 0 Å². The Morgan fingerprint density at radius 3 is 1.55 bits per heavy atom. The van der Waals surface area contributed by atoms with Gasteiger partial charge in [0.15, 0.2) is 11.6 Å². The third-order valence-corrected chi connectivity index (χ3v) is 19.6. The smallest absolute Gasteiger partial charge is 0.246 e. The molecule has 2 saturated heterocycles.